The van der Waals surface area contributed by atoms with E-state index >= 15 is 0 Å². The van der Waals surface area contributed by atoms with E-state index < -0.39 is 29.2 Å². The number of aromatic nitrogens is 1. The number of nitrogens with zero attached hydrogens (tertiary/aromatic N) is 2. The highest BCUT2D eigenvalue weighted by Crippen LogP contribution is 2.38. The number of rotatable bonds is 6. The predicted molar refractivity (Wildman–Crippen MR) is 141 cm³/mol. The van der Waals surface area contributed by atoms with Crippen molar-refractivity contribution in [3.05, 3.63) is 99.0 Å². The van der Waals surface area contributed by atoms with E-state index in [-0.39, 0.29) is 60.1 Å². The number of hydrogen-bond donors (Lipinski definition) is 1. The van der Waals surface area contributed by atoms with Gasteiger partial charge in [-0.1, -0.05) is 49.2 Å². The van der Waals surface area contributed by atoms with Crippen LogP contribution in [0, 0.1) is 17.6 Å². The Morgan fingerprint density at radius 3 is 2.67 bits per heavy atom. The Labute approximate surface area is 229 Å². The highest BCUT2D eigenvalue weighted by atomic mass is 19.1. The molecule has 208 valence electrons. The van der Waals surface area contributed by atoms with Gasteiger partial charge in [-0.15, -0.1) is 0 Å². The number of amides is 2. The van der Waals surface area contributed by atoms with E-state index in [1.807, 2.05) is 30.3 Å². The molecule has 0 radical (unpaired) electrons. The number of carbonyl (C=O) groups is 2. The van der Waals surface area contributed by atoms with Gasteiger partial charge < -0.3 is 24.3 Å². The Hall–Kier alpha value is -4.05. The molecule has 1 aromatic heterocycles. The lowest BCUT2D eigenvalue weighted by molar-refractivity contribution is -0.149. The number of halogens is 2. The molecule has 2 amide bonds. The first-order chi connectivity index (χ1) is 19.4. The molecule has 0 spiro atoms. The molecule has 1 aliphatic carbocycles. The summed E-state index contributed by atoms with van der Waals surface area (Å²) in [4.78, 5) is 42.6. The van der Waals surface area contributed by atoms with Gasteiger partial charge in [0.25, 0.3) is 11.8 Å². The quantitative estimate of drug-likeness (QED) is 0.502. The predicted octanol–water partition coefficient (Wildman–Crippen LogP) is 4.01. The van der Waals surface area contributed by atoms with Crippen LogP contribution in [0.15, 0.2) is 59.5 Å². The average Bonchev–Trinajstić information content (AvgIpc) is 2.96. The number of fused-ring (bicyclic) bond motifs is 4. The zero-order valence-electron chi connectivity index (χ0n) is 21.8. The van der Waals surface area contributed by atoms with Gasteiger partial charge in [0, 0.05) is 36.3 Å². The minimum absolute atomic E-state index is 0.0220. The van der Waals surface area contributed by atoms with E-state index in [9.17, 15) is 23.2 Å². The smallest absolute Gasteiger partial charge is 0.276 e. The average molecular weight is 550 g/mol. The van der Waals surface area contributed by atoms with Crippen LogP contribution in [0.1, 0.15) is 57.7 Å². The zero-order valence-corrected chi connectivity index (χ0v) is 21.8. The van der Waals surface area contributed by atoms with E-state index in [1.165, 1.54) is 12.3 Å². The van der Waals surface area contributed by atoms with E-state index in [0.717, 1.165) is 43.4 Å². The van der Waals surface area contributed by atoms with Gasteiger partial charge in [0.15, 0.2) is 17.7 Å². The van der Waals surface area contributed by atoms with Crippen LogP contribution in [0.2, 0.25) is 0 Å². The Morgan fingerprint density at radius 1 is 1.07 bits per heavy atom. The lowest BCUT2D eigenvalue weighted by atomic mass is 9.82. The van der Waals surface area contributed by atoms with E-state index in [1.54, 1.807) is 9.47 Å². The van der Waals surface area contributed by atoms with E-state index in [0.29, 0.717) is 6.61 Å². The van der Waals surface area contributed by atoms with Crippen molar-refractivity contribution in [2.45, 2.75) is 57.6 Å². The summed E-state index contributed by atoms with van der Waals surface area (Å²) < 4.78 is 41.0. The molecule has 3 heterocycles. The van der Waals surface area contributed by atoms with Crippen LogP contribution in [-0.4, -0.2) is 40.2 Å². The van der Waals surface area contributed by atoms with Crippen LogP contribution < -0.4 is 15.5 Å². The van der Waals surface area contributed by atoms with Crippen LogP contribution in [-0.2, 0) is 24.4 Å². The first-order valence-corrected chi connectivity index (χ1v) is 13.5. The summed E-state index contributed by atoms with van der Waals surface area (Å²) in [5.74, 6) is -2.61. The molecule has 1 saturated heterocycles. The van der Waals surface area contributed by atoms with Crippen molar-refractivity contribution in [1.82, 2.24) is 14.8 Å². The summed E-state index contributed by atoms with van der Waals surface area (Å²) in [6, 6.07) is 12.3. The first kappa shape index (κ1) is 26.2. The first-order valence-electron chi connectivity index (χ1n) is 13.5. The van der Waals surface area contributed by atoms with Gasteiger partial charge >= 0.3 is 0 Å². The zero-order chi connectivity index (χ0) is 27.8. The third-order valence-corrected chi connectivity index (χ3v) is 7.99. The van der Waals surface area contributed by atoms with Crippen molar-refractivity contribution < 1.29 is 27.8 Å². The fourth-order valence-corrected chi connectivity index (χ4v) is 5.95. The molecular weight excluding hydrogens is 520 g/mol. The Balaban J connectivity index is 1.35. The summed E-state index contributed by atoms with van der Waals surface area (Å²) in [7, 11) is 0. The third kappa shape index (κ3) is 4.88. The van der Waals surface area contributed by atoms with Crippen LogP contribution in [0.25, 0.3) is 0 Å². The van der Waals surface area contributed by atoms with Crippen molar-refractivity contribution in [2.75, 3.05) is 6.61 Å². The van der Waals surface area contributed by atoms with Crippen LogP contribution in [0.5, 0.6) is 5.75 Å². The van der Waals surface area contributed by atoms with Crippen molar-refractivity contribution in [3.8, 4) is 5.75 Å². The maximum absolute atomic E-state index is 14.1. The molecule has 8 nitrogen and oxygen atoms in total. The molecule has 2 fully saturated rings. The van der Waals surface area contributed by atoms with Crippen molar-refractivity contribution in [1.29, 1.82) is 0 Å². The monoisotopic (exact) mass is 549 g/mol. The van der Waals surface area contributed by atoms with Crippen molar-refractivity contribution in [3.63, 3.8) is 0 Å². The van der Waals surface area contributed by atoms with Gasteiger partial charge in [-0.05, 0) is 24.5 Å². The summed E-state index contributed by atoms with van der Waals surface area (Å²) >= 11 is 0. The number of hydrogen-bond acceptors (Lipinski definition) is 5. The van der Waals surface area contributed by atoms with E-state index in [4.69, 9.17) is 9.47 Å². The summed E-state index contributed by atoms with van der Waals surface area (Å²) in [6.45, 7) is 0.559. The van der Waals surface area contributed by atoms with Gasteiger partial charge in [-0.2, -0.15) is 0 Å². The van der Waals surface area contributed by atoms with Crippen LogP contribution >= 0.6 is 0 Å². The molecule has 10 heteroatoms. The number of nitrogens with one attached hydrogen (secondary N) is 1. The minimum Gasteiger partial charge on any atom is -0.483 e. The summed E-state index contributed by atoms with van der Waals surface area (Å²) in [5, 5.41) is 2.53. The van der Waals surface area contributed by atoms with Crippen LogP contribution in [0.3, 0.4) is 0 Å². The molecule has 1 unspecified atom stereocenters. The number of carbonyl (C=O) groups excluding carboxylic acids is 2. The summed E-state index contributed by atoms with van der Waals surface area (Å²) in [5.41, 5.74) is -0.0341. The lowest BCUT2D eigenvalue weighted by Gasteiger charge is -2.50. The second kappa shape index (κ2) is 10.8. The number of pyridine rings is 1. The Morgan fingerprint density at radius 2 is 1.88 bits per heavy atom. The van der Waals surface area contributed by atoms with Crippen LogP contribution in [0.4, 0.5) is 8.78 Å². The van der Waals surface area contributed by atoms with Gasteiger partial charge in [0.2, 0.25) is 5.43 Å². The molecule has 3 atom stereocenters. The standard InChI is InChI=1S/C30H29F2N3O5/c31-21-11-10-19(23(32)12-21)13-33-29(37)22-14-34-15-25-35(24-9-5-4-8-20(24)17-39-25)30(38)26(34)28(27(22)36)40-16-18-6-2-1-3-7-18/h1-3,6-7,10-12,14,20,24-25H,4-5,8-9,13,15-17H2,(H,33,37)/t20-,24?,25+/m0/s1. The maximum atomic E-state index is 14.1. The topological polar surface area (TPSA) is 89.9 Å². The van der Waals surface area contributed by atoms with Gasteiger partial charge in [0.05, 0.1) is 13.2 Å². The molecule has 2 aliphatic heterocycles. The SMILES string of the molecule is O=C(NCc1ccc(F)cc1F)c1cn2c(c(OCc3ccccc3)c1=O)C(=O)N1C3CCCC[C@H]3CO[C@@H]1C2. The highest BCUT2D eigenvalue weighted by Gasteiger charge is 2.46. The number of ether oxygens (including phenoxy) is 2. The Kier molecular flexibility index (Phi) is 7.10. The normalized spacial score (nSPS) is 21.7. The molecule has 1 saturated carbocycles. The molecule has 3 aliphatic rings. The fraction of sp³-hybridized carbons (Fsp3) is 0.367. The molecule has 40 heavy (non-hydrogen) atoms. The summed E-state index contributed by atoms with van der Waals surface area (Å²) in [6.07, 6.45) is 4.80. The second-order valence-electron chi connectivity index (χ2n) is 10.5. The van der Waals surface area contributed by atoms with Gasteiger partial charge in [-0.25, -0.2) is 8.78 Å². The lowest BCUT2D eigenvalue weighted by Crippen LogP contribution is -2.61. The second-order valence-corrected chi connectivity index (χ2v) is 10.5. The molecule has 0 bridgehead atoms. The maximum Gasteiger partial charge on any atom is 0.276 e. The fourth-order valence-electron chi connectivity index (χ4n) is 5.95. The largest absolute Gasteiger partial charge is 0.483 e. The molecular formula is C30H29F2N3O5. The molecule has 3 aromatic rings. The molecule has 6 rings (SSSR count). The molecule has 1 N–H and O–H groups in total. The van der Waals surface area contributed by atoms with E-state index in [2.05, 4.69) is 5.32 Å². The van der Waals surface area contributed by atoms with Gasteiger partial charge in [0.1, 0.15) is 23.8 Å². The molecule has 2 aromatic carbocycles. The van der Waals surface area contributed by atoms with Crippen molar-refractivity contribution in [2.24, 2.45) is 5.92 Å². The minimum atomic E-state index is -0.810. The van der Waals surface area contributed by atoms with Crippen molar-refractivity contribution >= 4 is 11.8 Å². The van der Waals surface area contributed by atoms with Gasteiger partial charge in [-0.3, -0.25) is 14.4 Å². The number of benzene rings is 2. The Bertz CT molecular complexity index is 1510. The third-order valence-electron chi connectivity index (χ3n) is 7.99. The highest BCUT2D eigenvalue weighted by molar-refractivity contribution is 5.99.